The number of nitrogens with zero attached hydrogens (tertiary/aromatic N) is 2. The van der Waals surface area contributed by atoms with Gasteiger partial charge in [-0.05, 0) is 64.8 Å². The third-order valence-electron chi connectivity index (χ3n) is 7.22. The standard InChI is InChI=1S/2C13H16N2O2.C4H10O3.2C4H10O.C2H6O2/c2*1-2-3-9-11-12(16)14-15(13(11)17)10-7-5-4-6-8-10;5-1-3-7-4-2-6;2*1-3-5-4-2;3-1-2-4/h2*4-8,11H,2-3,9H2,1H3,(H,14,16);5-6H,1-4H2;2*3-4H2,1-2H3;3-4H,1-2H2. The zero-order valence-corrected chi connectivity index (χ0v) is 33.8. The molecule has 2 aromatic rings. The van der Waals surface area contributed by atoms with Gasteiger partial charge in [0.2, 0.25) is 0 Å². The SMILES string of the molecule is CCCCC1C(=O)NN(c2ccccc2)C1=O.CCCCC1C(=O)NN(c2ccccc2)C1=O.CCOCC.CCOCC.OCCO.OCCOCCO. The zero-order valence-electron chi connectivity index (χ0n) is 33.8. The van der Waals surface area contributed by atoms with Gasteiger partial charge in [-0.1, -0.05) is 75.9 Å². The largest absolute Gasteiger partial charge is 0.394 e. The summed E-state index contributed by atoms with van der Waals surface area (Å²) in [6, 6.07) is 18.3. The van der Waals surface area contributed by atoms with E-state index in [0.29, 0.717) is 37.4 Å². The molecular weight excluding hydrogens is 712 g/mol. The van der Waals surface area contributed by atoms with Crippen LogP contribution >= 0.6 is 0 Å². The lowest BCUT2D eigenvalue weighted by atomic mass is 10.0. The summed E-state index contributed by atoms with van der Waals surface area (Å²) in [6.07, 6.45) is 5.03. The molecule has 2 atom stereocenters. The summed E-state index contributed by atoms with van der Waals surface area (Å²) >= 11 is 0. The van der Waals surface area contributed by atoms with Crippen molar-refractivity contribution in [2.75, 3.05) is 76.1 Å². The van der Waals surface area contributed by atoms with Gasteiger partial charge in [0.25, 0.3) is 23.6 Å². The van der Waals surface area contributed by atoms with E-state index in [-0.39, 0.29) is 50.1 Å². The Morgan fingerprint density at radius 1 is 0.509 bits per heavy atom. The molecule has 2 aliphatic rings. The third-order valence-corrected chi connectivity index (χ3v) is 7.22. The number of anilines is 2. The minimum atomic E-state index is -0.518. The molecule has 4 rings (SSSR count). The Kier molecular flexibility index (Phi) is 35.7. The molecule has 6 N–H and O–H groups in total. The summed E-state index contributed by atoms with van der Waals surface area (Å²) in [4.78, 5) is 47.5. The summed E-state index contributed by atoms with van der Waals surface area (Å²) in [5.74, 6) is -1.70. The number of rotatable bonds is 17. The number of hydrazine groups is 2. The Morgan fingerprint density at radius 3 is 1.07 bits per heavy atom. The van der Waals surface area contributed by atoms with Gasteiger partial charge in [-0.15, -0.1) is 0 Å². The van der Waals surface area contributed by atoms with Crippen LogP contribution in [0.25, 0.3) is 0 Å². The lowest BCUT2D eigenvalue weighted by molar-refractivity contribution is -0.129. The van der Waals surface area contributed by atoms with E-state index in [4.69, 9.17) is 29.9 Å². The van der Waals surface area contributed by atoms with E-state index >= 15 is 0 Å². The Balaban J connectivity index is 0. The van der Waals surface area contributed by atoms with Crippen molar-refractivity contribution in [2.24, 2.45) is 11.8 Å². The second-order valence-corrected chi connectivity index (χ2v) is 11.4. The summed E-state index contributed by atoms with van der Waals surface area (Å²) < 4.78 is 14.3. The number of amides is 4. The van der Waals surface area contributed by atoms with Gasteiger partial charge in [0.1, 0.15) is 11.8 Å². The van der Waals surface area contributed by atoms with Crippen LogP contribution < -0.4 is 20.9 Å². The molecule has 314 valence electrons. The van der Waals surface area contributed by atoms with Gasteiger partial charge in [-0.25, -0.2) is 10.0 Å². The Labute approximate surface area is 327 Å². The van der Waals surface area contributed by atoms with Crippen LogP contribution in [0.1, 0.15) is 80.1 Å². The molecule has 0 saturated carbocycles. The smallest absolute Gasteiger partial charge is 0.258 e. The van der Waals surface area contributed by atoms with Gasteiger partial charge in [-0.2, -0.15) is 0 Å². The number of carbonyl (C=O) groups is 4. The fourth-order valence-corrected chi connectivity index (χ4v) is 4.53. The van der Waals surface area contributed by atoms with Gasteiger partial charge in [0, 0.05) is 26.4 Å². The van der Waals surface area contributed by atoms with Crippen LogP contribution in [0.2, 0.25) is 0 Å². The first-order valence-corrected chi connectivity index (χ1v) is 19.2. The number of aliphatic hydroxyl groups is 4. The maximum Gasteiger partial charge on any atom is 0.258 e. The highest BCUT2D eigenvalue weighted by molar-refractivity contribution is 6.15. The third kappa shape index (κ3) is 24.2. The Hall–Kier alpha value is -3.96. The lowest BCUT2D eigenvalue weighted by Crippen LogP contribution is -2.35. The van der Waals surface area contributed by atoms with Crippen molar-refractivity contribution in [1.82, 2.24) is 10.9 Å². The van der Waals surface area contributed by atoms with Crippen LogP contribution in [-0.2, 0) is 33.4 Å². The number of carbonyl (C=O) groups excluding carboxylic acids is 4. The Bertz CT molecular complexity index is 1130. The highest BCUT2D eigenvalue weighted by atomic mass is 16.5. The normalized spacial score (nSPS) is 15.4. The van der Waals surface area contributed by atoms with Crippen LogP contribution in [0, 0.1) is 11.8 Å². The number of ether oxygens (including phenoxy) is 3. The number of hydrogen-bond acceptors (Lipinski definition) is 11. The summed E-state index contributed by atoms with van der Waals surface area (Å²) in [5, 5.41) is 34.1. The quantitative estimate of drug-likeness (QED) is 0.101. The molecule has 55 heavy (non-hydrogen) atoms. The van der Waals surface area contributed by atoms with Crippen molar-refractivity contribution >= 4 is 35.0 Å². The number of aliphatic hydroxyl groups excluding tert-OH is 4. The highest BCUT2D eigenvalue weighted by Gasteiger charge is 2.40. The van der Waals surface area contributed by atoms with Gasteiger partial charge < -0.3 is 34.6 Å². The van der Waals surface area contributed by atoms with E-state index in [2.05, 4.69) is 15.6 Å². The van der Waals surface area contributed by atoms with E-state index in [1.807, 2.05) is 77.9 Å². The Morgan fingerprint density at radius 2 is 0.836 bits per heavy atom. The molecule has 2 aliphatic heterocycles. The highest BCUT2D eigenvalue weighted by Crippen LogP contribution is 2.24. The molecule has 0 spiro atoms. The average Bonchev–Trinajstić information content (AvgIpc) is 3.66. The predicted octanol–water partition coefficient (Wildman–Crippen LogP) is 3.79. The second-order valence-electron chi connectivity index (χ2n) is 11.4. The summed E-state index contributed by atoms with van der Waals surface area (Å²) in [7, 11) is 0. The van der Waals surface area contributed by atoms with Crippen molar-refractivity contribution in [3.05, 3.63) is 60.7 Å². The second kappa shape index (κ2) is 37.0. The van der Waals surface area contributed by atoms with E-state index in [1.54, 1.807) is 24.3 Å². The molecule has 0 bridgehead atoms. The fraction of sp³-hybridized carbons (Fsp3) is 0.600. The number of benzene rings is 2. The van der Waals surface area contributed by atoms with Crippen molar-refractivity contribution in [2.45, 2.75) is 80.1 Å². The molecule has 15 nitrogen and oxygen atoms in total. The monoisotopic (exact) mass is 780 g/mol. The average molecular weight is 781 g/mol. The molecule has 2 heterocycles. The summed E-state index contributed by atoms with van der Waals surface area (Å²) in [5.41, 5.74) is 6.67. The molecule has 4 amide bonds. The van der Waals surface area contributed by atoms with Gasteiger partial charge in [0.15, 0.2) is 0 Å². The molecule has 0 aromatic heterocycles. The number of para-hydroxylation sites is 2. The van der Waals surface area contributed by atoms with Gasteiger partial charge in [-0.3, -0.25) is 30.0 Å². The molecule has 2 fully saturated rings. The zero-order chi connectivity index (χ0) is 41.7. The molecule has 0 radical (unpaired) electrons. The van der Waals surface area contributed by atoms with Crippen molar-refractivity contribution in [3.8, 4) is 0 Å². The van der Waals surface area contributed by atoms with Gasteiger partial charge in [0.05, 0.1) is 51.0 Å². The van der Waals surface area contributed by atoms with Crippen LogP contribution in [0.3, 0.4) is 0 Å². The predicted molar refractivity (Wildman–Crippen MR) is 214 cm³/mol. The lowest BCUT2D eigenvalue weighted by Gasteiger charge is -2.14. The van der Waals surface area contributed by atoms with E-state index in [0.717, 1.165) is 52.1 Å². The van der Waals surface area contributed by atoms with Crippen LogP contribution in [0.4, 0.5) is 11.4 Å². The number of hydrogen-bond donors (Lipinski definition) is 6. The van der Waals surface area contributed by atoms with E-state index < -0.39 is 11.8 Å². The molecule has 2 aromatic carbocycles. The molecular formula is C40H68N4O11. The maximum absolute atomic E-state index is 12.1. The first-order valence-electron chi connectivity index (χ1n) is 19.2. The first-order chi connectivity index (χ1) is 26.6. The van der Waals surface area contributed by atoms with Crippen molar-refractivity contribution < 1.29 is 53.8 Å². The van der Waals surface area contributed by atoms with Crippen molar-refractivity contribution in [3.63, 3.8) is 0 Å². The number of nitrogens with one attached hydrogen (secondary N) is 2. The van der Waals surface area contributed by atoms with Gasteiger partial charge >= 0.3 is 0 Å². The maximum atomic E-state index is 12.1. The number of unbranched alkanes of at least 4 members (excludes halogenated alkanes) is 2. The minimum Gasteiger partial charge on any atom is -0.394 e. The van der Waals surface area contributed by atoms with Crippen LogP contribution in [0.15, 0.2) is 60.7 Å². The molecule has 2 unspecified atom stereocenters. The minimum absolute atomic E-state index is 0.0278. The van der Waals surface area contributed by atoms with Crippen LogP contribution in [0.5, 0.6) is 0 Å². The summed E-state index contributed by atoms with van der Waals surface area (Å²) in [6.45, 7) is 15.9. The van der Waals surface area contributed by atoms with E-state index in [9.17, 15) is 19.2 Å². The first kappa shape index (κ1) is 53.1. The fourth-order valence-electron chi connectivity index (χ4n) is 4.53. The topological polar surface area (TPSA) is 207 Å². The molecule has 0 aliphatic carbocycles. The van der Waals surface area contributed by atoms with E-state index in [1.165, 1.54) is 10.0 Å². The van der Waals surface area contributed by atoms with Crippen LogP contribution in [-0.4, -0.2) is 110 Å². The van der Waals surface area contributed by atoms with Crippen molar-refractivity contribution in [1.29, 1.82) is 0 Å². The molecule has 2 saturated heterocycles. The molecule has 15 heteroatoms.